The summed E-state index contributed by atoms with van der Waals surface area (Å²) in [5.41, 5.74) is 1.01. The van der Waals surface area contributed by atoms with Crippen LogP contribution in [-0.4, -0.2) is 44.7 Å². The molecule has 0 bridgehead atoms. The van der Waals surface area contributed by atoms with E-state index in [-0.39, 0.29) is 24.2 Å². The number of aryl methyl sites for hydroxylation is 1. The minimum Gasteiger partial charge on any atom is -0.480 e. The van der Waals surface area contributed by atoms with Crippen molar-refractivity contribution in [3.05, 3.63) is 17.5 Å². The van der Waals surface area contributed by atoms with E-state index in [1.165, 1.54) is 4.90 Å². The summed E-state index contributed by atoms with van der Waals surface area (Å²) < 4.78 is 0. The number of H-pyrrole nitrogens is 1. The van der Waals surface area contributed by atoms with Crippen molar-refractivity contribution in [3.8, 4) is 0 Å². The zero-order valence-electron chi connectivity index (χ0n) is 9.52. The predicted octanol–water partition coefficient (Wildman–Crippen LogP) is 0.653. The fourth-order valence-corrected chi connectivity index (χ4v) is 1.31. The van der Waals surface area contributed by atoms with Crippen molar-refractivity contribution in [1.82, 2.24) is 15.1 Å². The summed E-state index contributed by atoms with van der Waals surface area (Å²) in [5, 5.41) is 15.2. The molecule has 0 aliphatic rings. The number of aromatic nitrogens is 2. The first kappa shape index (κ1) is 12.2. The van der Waals surface area contributed by atoms with Crippen LogP contribution >= 0.6 is 0 Å². The van der Waals surface area contributed by atoms with Crippen LogP contribution in [0.15, 0.2) is 6.07 Å². The van der Waals surface area contributed by atoms with E-state index in [0.717, 1.165) is 5.69 Å². The smallest absolute Gasteiger partial charge is 0.323 e. The van der Waals surface area contributed by atoms with E-state index in [1.54, 1.807) is 26.8 Å². The Morgan fingerprint density at radius 1 is 1.56 bits per heavy atom. The average molecular weight is 225 g/mol. The SMILES string of the molecule is Cc1cc(C(=O)N(CC(=O)O)C(C)C)n[nH]1. The summed E-state index contributed by atoms with van der Waals surface area (Å²) in [6, 6.07) is 1.42. The van der Waals surface area contributed by atoms with E-state index in [0.29, 0.717) is 0 Å². The average Bonchev–Trinajstić information content (AvgIpc) is 2.59. The number of aromatic amines is 1. The first-order chi connectivity index (χ1) is 7.41. The Balaban J connectivity index is 2.87. The van der Waals surface area contributed by atoms with Crippen LogP contribution < -0.4 is 0 Å². The minimum atomic E-state index is -1.03. The third-order valence-electron chi connectivity index (χ3n) is 2.11. The number of carboxylic acid groups (broad SMARTS) is 1. The van der Waals surface area contributed by atoms with Gasteiger partial charge >= 0.3 is 5.97 Å². The molecule has 88 valence electrons. The molecule has 0 atom stereocenters. The molecule has 0 spiro atoms. The zero-order valence-corrected chi connectivity index (χ0v) is 9.52. The molecule has 0 saturated carbocycles. The van der Waals surface area contributed by atoms with Gasteiger partial charge in [-0.2, -0.15) is 5.10 Å². The molecule has 0 saturated heterocycles. The number of carbonyl (C=O) groups excluding carboxylic acids is 1. The second kappa shape index (κ2) is 4.78. The third kappa shape index (κ3) is 2.82. The molecule has 1 heterocycles. The Morgan fingerprint density at radius 2 is 2.19 bits per heavy atom. The first-order valence-corrected chi connectivity index (χ1v) is 4.96. The maximum absolute atomic E-state index is 11.9. The number of nitrogens with one attached hydrogen (secondary N) is 1. The van der Waals surface area contributed by atoms with Crippen LogP contribution in [0.2, 0.25) is 0 Å². The fourth-order valence-electron chi connectivity index (χ4n) is 1.31. The van der Waals surface area contributed by atoms with Gasteiger partial charge in [0.1, 0.15) is 12.2 Å². The lowest BCUT2D eigenvalue weighted by molar-refractivity contribution is -0.138. The second-order valence-electron chi connectivity index (χ2n) is 3.86. The summed E-state index contributed by atoms with van der Waals surface area (Å²) in [4.78, 5) is 23.8. The van der Waals surface area contributed by atoms with Crippen LogP contribution in [0, 0.1) is 6.92 Å². The Hall–Kier alpha value is -1.85. The molecule has 0 fully saturated rings. The number of rotatable bonds is 4. The third-order valence-corrected chi connectivity index (χ3v) is 2.11. The van der Waals surface area contributed by atoms with Gasteiger partial charge in [0.05, 0.1) is 0 Å². The lowest BCUT2D eigenvalue weighted by atomic mass is 10.2. The molecule has 6 heteroatoms. The fraction of sp³-hybridized carbons (Fsp3) is 0.500. The van der Waals surface area contributed by atoms with Crippen LogP contribution in [0.3, 0.4) is 0 Å². The molecule has 0 unspecified atom stereocenters. The molecule has 0 aromatic carbocycles. The highest BCUT2D eigenvalue weighted by Gasteiger charge is 2.22. The maximum Gasteiger partial charge on any atom is 0.323 e. The summed E-state index contributed by atoms with van der Waals surface area (Å²) >= 11 is 0. The lowest BCUT2D eigenvalue weighted by Gasteiger charge is -2.23. The quantitative estimate of drug-likeness (QED) is 0.787. The number of hydrogen-bond acceptors (Lipinski definition) is 3. The zero-order chi connectivity index (χ0) is 12.3. The van der Waals surface area contributed by atoms with E-state index >= 15 is 0 Å². The molecule has 1 aromatic heterocycles. The summed E-state index contributed by atoms with van der Waals surface area (Å²) in [6.07, 6.45) is 0. The molecule has 0 aliphatic heterocycles. The Labute approximate surface area is 93.3 Å². The van der Waals surface area contributed by atoms with E-state index in [4.69, 9.17) is 5.11 Å². The Bertz CT molecular complexity index is 398. The van der Waals surface area contributed by atoms with Gasteiger partial charge in [-0.05, 0) is 26.8 Å². The molecular formula is C10H15N3O3. The number of carbonyl (C=O) groups is 2. The molecule has 1 rings (SSSR count). The predicted molar refractivity (Wildman–Crippen MR) is 57.1 cm³/mol. The monoisotopic (exact) mass is 225 g/mol. The largest absolute Gasteiger partial charge is 0.480 e. The van der Waals surface area contributed by atoms with Gasteiger partial charge in [-0.25, -0.2) is 0 Å². The normalized spacial score (nSPS) is 10.5. The van der Waals surface area contributed by atoms with Gasteiger partial charge in [0.15, 0.2) is 0 Å². The van der Waals surface area contributed by atoms with Gasteiger partial charge in [-0.1, -0.05) is 0 Å². The number of carboxylic acids is 1. The molecule has 6 nitrogen and oxygen atoms in total. The molecule has 2 N–H and O–H groups in total. The Kier molecular flexibility index (Phi) is 3.65. The molecule has 16 heavy (non-hydrogen) atoms. The van der Waals surface area contributed by atoms with Crippen LogP contribution in [-0.2, 0) is 4.79 Å². The van der Waals surface area contributed by atoms with Gasteiger partial charge in [0, 0.05) is 11.7 Å². The van der Waals surface area contributed by atoms with Crippen molar-refractivity contribution in [2.75, 3.05) is 6.54 Å². The highest BCUT2D eigenvalue weighted by Crippen LogP contribution is 2.07. The van der Waals surface area contributed by atoms with Gasteiger partial charge in [0.2, 0.25) is 0 Å². The topological polar surface area (TPSA) is 86.3 Å². The van der Waals surface area contributed by atoms with Crippen LogP contribution in [0.1, 0.15) is 30.0 Å². The van der Waals surface area contributed by atoms with Crippen LogP contribution in [0.5, 0.6) is 0 Å². The summed E-state index contributed by atoms with van der Waals surface area (Å²) in [5.74, 6) is -1.41. The number of aliphatic carboxylic acids is 1. The van der Waals surface area contributed by atoms with Crippen molar-refractivity contribution >= 4 is 11.9 Å². The van der Waals surface area contributed by atoms with Crippen molar-refractivity contribution in [1.29, 1.82) is 0 Å². The summed E-state index contributed by atoms with van der Waals surface area (Å²) in [7, 11) is 0. The van der Waals surface area contributed by atoms with E-state index < -0.39 is 5.97 Å². The molecule has 1 amide bonds. The number of amides is 1. The van der Waals surface area contributed by atoms with Gasteiger partial charge < -0.3 is 10.0 Å². The first-order valence-electron chi connectivity index (χ1n) is 4.96. The van der Waals surface area contributed by atoms with E-state index in [9.17, 15) is 9.59 Å². The van der Waals surface area contributed by atoms with E-state index in [1.807, 2.05) is 0 Å². The van der Waals surface area contributed by atoms with Gasteiger partial charge in [-0.15, -0.1) is 0 Å². The van der Waals surface area contributed by atoms with Crippen molar-refractivity contribution in [2.24, 2.45) is 0 Å². The minimum absolute atomic E-state index is 0.180. The van der Waals surface area contributed by atoms with Crippen molar-refractivity contribution < 1.29 is 14.7 Å². The van der Waals surface area contributed by atoms with Gasteiger partial charge in [-0.3, -0.25) is 14.7 Å². The number of hydrogen-bond donors (Lipinski definition) is 2. The van der Waals surface area contributed by atoms with Crippen molar-refractivity contribution in [2.45, 2.75) is 26.8 Å². The maximum atomic E-state index is 11.9. The highest BCUT2D eigenvalue weighted by molar-refractivity contribution is 5.94. The highest BCUT2D eigenvalue weighted by atomic mass is 16.4. The van der Waals surface area contributed by atoms with E-state index in [2.05, 4.69) is 10.2 Å². The van der Waals surface area contributed by atoms with Crippen molar-refractivity contribution in [3.63, 3.8) is 0 Å². The van der Waals surface area contributed by atoms with Crippen LogP contribution in [0.25, 0.3) is 0 Å². The van der Waals surface area contributed by atoms with Gasteiger partial charge in [0.25, 0.3) is 5.91 Å². The Morgan fingerprint density at radius 3 is 2.56 bits per heavy atom. The second-order valence-corrected chi connectivity index (χ2v) is 3.86. The molecule has 0 radical (unpaired) electrons. The summed E-state index contributed by atoms with van der Waals surface area (Å²) in [6.45, 7) is 4.99. The number of nitrogens with zero attached hydrogens (tertiary/aromatic N) is 2. The lowest BCUT2D eigenvalue weighted by Crippen LogP contribution is -2.40. The molecular weight excluding hydrogens is 210 g/mol. The standard InChI is InChI=1S/C10H15N3O3/c1-6(2)13(5-9(14)15)10(16)8-4-7(3)11-12-8/h4,6H,5H2,1-3H3,(H,11,12)(H,14,15). The molecule has 0 aliphatic carbocycles. The molecule has 1 aromatic rings. The van der Waals surface area contributed by atoms with Crippen LogP contribution in [0.4, 0.5) is 0 Å².